The van der Waals surface area contributed by atoms with Crippen LogP contribution in [0, 0.1) is 6.92 Å². The number of benzene rings is 1. The first-order valence-corrected chi connectivity index (χ1v) is 9.67. The molecule has 4 rings (SSSR count). The van der Waals surface area contributed by atoms with E-state index in [-0.39, 0.29) is 11.7 Å². The Balaban J connectivity index is 1.60. The Labute approximate surface area is 154 Å². The van der Waals surface area contributed by atoms with Crippen LogP contribution in [0.1, 0.15) is 37.3 Å². The first-order chi connectivity index (χ1) is 12.6. The van der Waals surface area contributed by atoms with Gasteiger partial charge in [0.1, 0.15) is 5.75 Å². The monoisotopic (exact) mass is 359 g/mol. The van der Waals surface area contributed by atoms with E-state index in [9.17, 15) is 4.79 Å². The Hall–Kier alpha value is -1.79. The second-order valence-corrected chi connectivity index (χ2v) is 7.63. The number of hydrogen-bond donors (Lipinski definition) is 0. The molecule has 0 spiro atoms. The van der Waals surface area contributed by atoms with E-state index in [1.807, 2.05) is 24.6 Å². The molecule has 26 heavy (non-hydrogen) atoms. The summed E-state index contributed by atoms with van der Waals surface area (Å²) in [6, 6.07) is 5.01. The van der Waals surface area contributed by atoms with Crippen molar-refractivity contribution >= 4 is 11.0 Å². The van der Waals surface area contributed by atoms with E-state index in [4.69, 9.17) is 9.47 Å². The molecule has 2 fully saturated rings. The lowest BCUT2D eigenvalue weighted by atomic mass is 9.99. The zero-order valence-corrected chi connectivity index (χ0v) is 16.0. The summed E-state index contributed by atoms with van der Waals surface area (Å²) in [7, 11) is 3.53. The highest BCUT2D eigenvalue weighted by molar-refractivity contribution is 5.79. The van der Waals surface area contributed by atoms with Gasteiger partial charge >= 0.3 is 5.69 Å². The number of ether oxygens (including phenoxy) is 2. The number of piperidine rings is 1. The zero-order valence-electron chi connectivity index (χ0n) is 16.0. The fraction of sp³-hybridized carbons (Fsp3) is 0.650. The molecular weight excluding hydrogens is 330 g/mol. The van der Waals surface area contributed by atoms with Gasteiger partial charge in [0.25, 0.3) is 0 Å². The quantitative estimate of drug-likeness (QED) is 0.845. The van der Waals surface area contributed by atoms with Gasteiger partial charge in [-0.15, -0.1) is 0 Å². The molecule has 6 nitrogen and oxygen atoms in total. The lowest BCUT2D eigenvalue weighted by Gasteiger charge is -2.39. The van der Waals surface area contributed by atoms with E-state index in [1.54, 1.807) is 11.7 Å². The number of likely N-dealkylation sites (tertiary alicyclic amines) is 1. The van der Waals surface area contributed by atoms with E-state index in [0.29, 0.717) is 6.04 Å². The minimum absolute atomic E-state index is 0.0807. The highest BCUT2D eigenvalue weighted by atomic mass is 16.5. The fourth-order valence-electron chi connectivity index (χ4n) is 4.62. The smallest absolute Gasteiger partial charge is 0.329 e. The van der Waals surface area contributed by atoms with Crippen LogP contribution in [-0.2, 0) is 11.8 Å². The van der Waals surface area contributed by atoms with Crippen LogP contribution in [0.4, 0.5) is 0 Å². The van der Waals surface area contributed by atoms with Crippen LogP contribution < -0.4 is 10.4 Å². The lowest BCUT2D eigenvalue weighted by Crippen LogP contribution is -2.45. The average molecular weight is 359 g/mol. The second kappa shape index (κ2) is 7.08. The summed E-state index contributed by atoms with van der Waals surface area (Å²) in [5.41, 5.74) is 3.13. The Kier molecular flexibility index (Phi) is 4.80. The topological polar surface area (TPSA) is 48.6 Å². The van der Waals surface area contributed by atoms with Crippen molar-refractivity contribution in [1.29, 1.82) is 0 Å². The molecule has 2 aromatic rings. The first-order valence-electron chi connectivity index (χ1n) is 9.67. The molecule has 0 bridgehead atoms. The van der Waals surface area contributed by atoms with Crippen LogP contribution in [0.5, 0.6) is 5.75 Å². The maximum Gasteiger partial charge on any atom is 0.329 e. The standard InChI is InChI=1S/C20H29N3O3/c1-14-12-18-17(13-19(14)25-3)21(2)20(24)23(18)16-4-8-22(9-5-16)15-6-10-26-11-7-15/h12-13,15-16H,4-11H2,1-3H3. The Morgan fingerprint density at radius 3 is 2.38 bits per heavy atom. The van der Waals surface area contributed by atoms with Crippen LogP contribution >= 0.6 is 0 Å². The number of aryl methyl sites for hydroxylation is 2. The van der Waals surface area contributed by atoms with Crippen molar-refractivity contribution < 1.29 is 9.47 Å². The van der Waals surface area contributed by atoms with Crippen molar-refractivity contribution in [2.75, 3.05) is 33.4 Å². The molecule has 2 saturated heterocycles. The van der Waals surface area contributed by atoms with Crippen molar-refractivity contribution in [1.82, 2.24) is 14.0 Å². The molecule has 0 aliphatic carbocycles. The number of aromatic nitrogens is 2. The summed E-state index contributed by atoms with van der Waals surface area (Å²) < 4.78 is 14.7. The van der Waals surface area contributed by atoms with Crippen molar-refractivity contribution in [3.63, 3.8) is 0 Å². The minimum Gasteiger partial charge on any atom is -0.496 e. The van der Waals surface area contributed by atoms with Gasteiger partial charge in [0, 0.05) is 51.5 Å². The van der Waals surface area contributed by atoms with Crippen LogP contribution in [0.2, 0.25) is 0 Å². The van der Waals surface area contributed by atoms with E-state index in [2.05, 4.69) is 11.0 Å². The van der Waals surface area contributed by atoms with E-state index < -0.39 is 0 Å². The number of fused-ring (bicyclic) bond motifs is 1. The molecule has 0 unspecified atom stereocenters. The maximum atomic E-state index is 12.9. The van der Waals surface area contributed by atoms with E-state index in [1.165, 1.54) is 0 Å². The number of methoxy groups -OCH3 is 1. The zero-order chi connectivity index (χ0) is 18.3. The van der Waals surface area contributed by atoms with Crippen molar-refractivity contribution in [2.24, 2.45) is 7.05 Å². The number of nitrogens with zero attached hydrogens (tertiary/aromatic N) is 3. The van der Waals surface area contributed by atoms with Crippen molar-refractivity contribution in [2.45, 2.75) is 44.7 Å². The maximum absolute atomic E-state index is 12.9. The first kappa shape index (κ1) is 17.6. The molecule has 2 aliphatic heterocycles. The van der Waals surface area contributed by atoms with Gasteiger partial charge in [0.2, 0.25) is 0 Å². The molecule has 0 N–H and O–H groups in total. The van der Waals surface area contributed by atoms with Crippen molar-refractivity contribution in [3.8, 4) is 5.75 Å². The molecular formula is C20H29N3O3. The minimum atomic E-state index is 0.0807. The normalized spacial score (nSPS) is 20.7. The third-order valence-electron chi connectivity index (χ3n) is 6.18. The predicted molar refractivity (Wildman–Crippen MR) is 102 cm³/mol. The SMILES string of the molecule is COc1cc2c(cc1C)n(C1CCN(C3CCOCC3)CC1)c(=O)n2C. The van der Waals surface area contributed by atoms with Gasteiger partial charge in [-0.05, 0) is 44.2 Å². The number of hydrogen-bond acceptors (Lipinski definition) is 4. The van der Waals surface area contributed by atoms with Crippen molar-refractivity contribution in [3.05, 3.63) is 28.2 Å². The third-order valence-corrected chi connectivity index (χ3v) is 6.18. The van der Waals surface area contributed by atoms with Gasteiger partial charge in [0.15, 0.2) is 0 Å². The molecule has 0 radical (unpaired) electrons. The summed E-state index contributed by atoms with van der Waals surface area (Å²) in [6.07, 6.45) is 4.33. The lowest BCUT2D eigenvalue weighted by molar-refractivity contribution is 0.0220. The van der Waals surface area contributed by atoms with Crippen LogP contribution in [0.3, 0.4) is 0 Å². The molecule has 142 valence electrons. The third kappa shape index (κ3) is 2.95. The highest BCUT2D eigenvalue weighted by Crippen LogP contribution is 2.31. The molecule has 0 atom stereocenters. The molecule has 0 amide bonds. The van der Waals surface area contributed by atoms with Gasteiger partial charge in [-0.2, -0.15) is 0 Å². The Morgan fingerprint density at radius 2 is 1.73 bits per heavy atom. The Morgan fingerprint density at radius 1 is 1.04 bits per heavy atom. The fourth-order valence-corrected chi connectivity index (χ4v) is 4.62. The molecule has 1 aromatic carbocycles. The van der Waals surface area contributed by atoms with Gasteiger partial charge in [-0.1, -0.05) is 0 Å². The van der Waals surface area contributed by atoms with Gasteiger partial charge in [-0.25, -0.2) is 4.79 Å². The summed E-state index contributed by atoms with van der Waals surface area (Å²) in [6.45, 7) is 5.93. The molecule has 0 saturated carbocycles. The van der Waals surface area contributed by atoms with E-state index in [0.717, 1.165) is 74.3 Å². The summed E-state index contributed by atoms with van der Waals surface area (Å²) in [4.78, 5) is 15.5. The number of rotatable bonds is 3. The molecule has 1 aromatic heterocycles. The molecule has 2 aliphatic rings. The summed E-state index contributed by atoms with van der Waals surface area (Å²) >= 11 is 0. The van der Waals surface area contributed by atoms with E-state index >= 15 is 0 Å². The summed E-state index contributed by atoms with van der Waals surface area (Å²) in [5, 5.41) is 0. The van der Waals surface area contributed by atoms with Gasteiger partial charge < -0.3 is 14.4 Å². The largest absolute Gasteiger partial charge is 0.496 e. The van der Waals surface area contributed by atoms with Crippen LogP contribution in [-0.4, -0.2) is 53.5 Å². The summed E-state index contributed by atoms with van der Waals surface area (Å²) in [5.74, 6) is 0.833. The van der Waals surface area contributed by atoms with Crippen LogP contribution in [0.15, 0.2) is 16.9 Å². The van der Waals surface area contributed by atoms with Gasteiger partial charge in [-0.3, -0.25) is 9.13 Å². The predicted octanol–water partition coefficient (Wildman–Crippen LogP) is 2.47. The Bertz CT molecular complexity index is 840. The molecule has 3 heterocycles. The van der Waals surface area contributed by atoms with Gasteiger partial charge in [0.05, 0.1) is 18.1 Å². The number of imidazole rings is 1. The average Bonchev–Trinajstić information content (AvgIpc) is 2.92. The van der Waals surface area contributed by atoms with Crippen LogP contribution in [0.25, 0.3) is 11.0 Å². The molecule has 6 heteroatoms. The highest BCUT2D eigenvalue weighted by Gasteiger charge is 2.29. The second-order valence-electron chi connectivity index (χ2n) is 7.63.